The first-order valence-electron chi connectivity index (χ1n) is 7.77. The van der Waals surface area contributed by atoms with Gasteiger partial charge < -0.3 is 9.31 Å². The summed E-state index contributed by atoms with van der Waals surface area (Å²) in [6.07, 6.45) is 2.86. The normalized spacial score (nSPS) is 16.3. The number of benzene rings is 1. The van der Waals surface area contributed by atoms with Crippen molar-refractivity contribution in [1.29, 1.82) is 5.26 Å². The molecular formula is C17H24BNO2. The summed E-state index contributed by atoms with van der Waals surface area (Å²) >= 11 is 0. The van der Waals surface area contributed by atoms with Crippen molar-refractivity contribution in [2.45, 2.75) is 58.0 Å². The zero-order chi connectivity index (χ0) is 15.5. The quantitative estimate of drug-likeness (QED) is 0.723. The second kappa shape index (κ2) is 6.21. The molecule has 0 amide bonds. The molecule has 0 aromatic heterocycles. The molecule has 1 aliphatic carbocycles. The average Bonchev–Trinajstić information content (AvgIpc) is 3.28. The van der Waals surface area contributed by atoms with Crippen LogP contribution < -0.4 is 5.46 Å². The van der Waals surface area contributed by atoms with Gasteiger partial charge in [-0.1, -0.05) is 31.2 Å². The van der Waals surface area contributed by atoms with Crippen LogP contribution in [-0.4, -0.2) is 19.3 Å². The van der Waals surface area contributed by atoms with Gasteiger partial charge in [-0.05, 0) is 51.1 Å². The highest BCUT2D eigenvalue weighted by atomic mass is 16.6. The molecule has 21 heavy (non-hydrogen) atoms. The van der Waals surface area contributed by atoms with Crippen LogP contribution in [0.25, 0.3) is 0 Å². The fourth-order valence-corrected chi connectivity index (χ4v) is 2.27. The Kier molecular flexibility index (Phi) is 4.75. The van der Waals surface area contributed by atoms with E-state index in [0.29, 0.717) is 6.61 Å². The molecular weight excluding hydrogens is 261 g/mol. The Morgan fingerprint density at radius 1 is 1.24 bits per heavy atom. The predicted octanol–water partition coefficient (Wildman–Crippen LogP) is 3.18. The van der Waals surface area contributed by atoms with Gasteiger partial charge in [0.05, 0.1) is 11.5 Å². The third-order valence-corrected chi connectivity index (χ3v) is 4.30. The van der Waals surface area contributed by atoms with Gasteiger partial charge in [0.1, 0.15) is 0 Å². The van der Waals surface area contributed by atoms with Crippen molar-refractivity contribution >= 4 is 12.6 Å². The summed E-state index contributed by atoms with van der Waals surface area (Å²) in [6.45, 7) is 8.83. The summed E-state index contributed by atoms with van der Waals surface area (Å²) in [7, 11) is -0.351. The lowest BCUT2D eigenvalue weighted by Crippen LogP contribution is -2.43. The van der Waals surface area contributed by atoms with E-state index in [9.17, 15) is 5.26 Å². The molecule has 0 heterocycles. The maximum absolute atomic E-state index is 9.26. The number of hydrogen-bond donors (Lipinski definition) is 0. The van der Waals surface area contributed by atoms with E-state index in [2.05, 4.69) is 26.8 Å². The van der Waals surface area contributed by atoms with Crippen LogP contribution in [0.5, 0.6) is 0 Å². The summed E-state index contributed by atoms with van der Waals surface area (Å²) in [5, 5.41) is 9.26. The van der Waals surface area contributed by atoms with Crippen LogP contribution in [0.15, 0.2) is 24.3 Å². The van der Waals surface area contributed by atoms with E-state index >= 15 is 0 Å². The molecule has 1 aromatic rings. The summed E-state index contributed by atoms with van der Waals surface area (Å²) in [6, 6.07) is 10.6. The fourth-order valence-electron chi connectivity index (χ4n) is 2.27. The summed E-state index contributed by atoms with van der Waals surface area (Å²) in [5.74, 6) is 0. The third-order valence-electron chi connectivity index (χ3n) is 4.30. The highest BCUT2D eigenvalue weighted by molar-refractivity contribution is 6.61. The summed E-state index contributed by atoms with van der Waals surface area (Å²) in [5.41, 5.74) is 1.67. The fraction of sp³-hybridized carbons (Fsp3) is 0.588. The van der Waals surface area contributed by atoms with Crippen molar-refractivity contribution in [1.82, 2.24) is 0 Å². The van der Waals surface area contributed by atoms with Gasteiger partial charge in [-0.2, -0.15) is 5.26 Å². The molecule has 0 aliphatic heterocycles. The van der Waals surface area contributed by atoms with Crippen molar-refractivity contribution < 1.29 is 9.31 Å². The Balaban J connectivity index is 2.16. The van der Waals surface area contributed by atoms with Gasteiger partial charge in [0, 0.05) is 12.2 Å². The second-order valence-electron chi connectivity index (χ2n) is 6.33. The van der Waals surface area contributed by atoms with E-state index in [1.54, 1.807) is 0 Å². The van der Waals surface area contributed by atoms with Crippen LogP contribution in [0, 0.1) is 11.3 Å². The molecule has 0 spiro atoms. The second-order valence-corrected chi connectivity index (χ2v) is 6.33. The van der Waals surface area contributed by atoms with Crippen molar-refractivity contribution in [3.8, 4) is 6.07 Å². The van der Waals surface area contributed by atoms with E-state index in [1.165, 1.54) is 0 Å². The lowest BCUT2D eigenvalue weighted by Gasteiger charge is -2.28. The number of nitrogens with zero attached hydrogens (tertiary/aromatic N) is 1. The van der Waals surface area contributed by atoms with Gasteiger partial charge in [0.25, 0.3) is 0 Å². The van der Waals surface area contributed by atoms with Crippen molar-refractivity contribution in [3.63, 3.8) is 0 Å². The lowest BCUT2D eigenvalue weighted by molar-refractivity contribution is 0.0706. The number of rotatable bonds is 7. The molecule has 0 N–H and O–H groups in total. The highest BCUT2D eigenvalue weighted by Crippen LogP contribution is 2.47. The van der Waals surface area contributed by atoms with Crippen LogP contribution in [0.3, 0.4) is 0 Å². The minimum Gasteiger partial charge on any atom is -0.408 e. The molecule has 1 saturated carbocycles. The zero-order valence-corrected chi connectivity index (χ0v) is 13.5. The van der Waals surface area contributed by atoms with E-state index in [1.807, 2.05) is 31.2 Å². The molecule has 0 atom stereocenters. The van der Waals surface area contributed by atoms with Crippen LogP contribution in [0.2, 0.25) is 0 Å². The first-order chi connectivity index (χ1) is 9.96. The van der Waals surface area contributed by atoms with Gasteiger partial charge >= 0.3 is 7.12 Å². The SMILES string of the molecule is CCOB(OC(C)(C)CC)c1ccc(C2(C#N)CC2)cc1. The number of hydrogen-bond acceptors (Lipinski definition) is 3. The first kappa shape index (κ1) is 16.1. The molecule has 1 aromatic carbocycles. The standard InChI is InChI=1S/C17H24BNO2/c1-5-16(3,4)21-18(20-6-2)15-9-7-14(8-10-15)17(13-19)11-12-17/h7-10H,5-6,11-12H2,1-4H3. The Labute approximate surface area is 128 Å². The summed E-state index contributed by atoms with van der Waals surface area (Å²) < 4.78 is 11.8. The van der Waals surface area contributed by atoms with E-state index in [0.717, 1.165) is 30.3 Å². The third kappa shape index (κ3) is 3.67. The Hall–Kier alpha value is -1.31. The molecule has 4 heteroatoms. The monoisotopic (exact) mass is 285 g/mol. The average molecular weight is 285 g/mol. The highest BCUT2D eigenvalue weighted by Gasteiger charge is 2.44. The van der Waals surface area contributed by atoms with E-state index < -0.39 is 0 Å². The Morgan fingerprint density at radius 3 is 2.29 bits per heavy atom. The smallest absolute Gasteiger partial charge is 0.408 e. The molecule has 0 radical (unpaired) electrons. The van der Waals surface area contributed by atoms with Crippen LogP contribution in [-0.2, 0) is 14.7 Å². The topological polar surface area (TPSA) is 42.2 Å². The minimum atomic E-state index is -0.351. The van der Waals surface area contributed by atoms with Crippen LogP contribution >= 0.6 is 0 Å². The molecule has 3 nitrogen and oxygen atoms in total. The molecule has 112 valence electrons. The predicted molar refractivity (Wildman–Crippen MR) is 85.4 cm³/mol. The maximum Gasteiger partial charge on any atom is 0.494 e. The first-order valence-corrected chi connectivity index (χ1v) is 7.77. The zero-order valence-electron chi connectivity index (χ0n) is 13.5. The minimum absolute atomic E-state index is 0.219. The van der Waals surface area contributed by atoms with E-state index in [4.69, 9.17) is 9.31 Å². The maximum atomic E-state index is 9.26. The molecule has 1 aliphatic rings. The molecule has 0 unspecified atom stereocenters. The molecule has 2 rings (SSSR count). The number of nitriles is 1. The van der Waals surface area contributed by atoms with Gasteiger partial charge in [-0.15, -0.1) is 0 Å². The van der Waals surface area contributed by atoms with Gasteiger partial charge in [-0.3, -0.25) is 0 Å². The summed E-state index contributed by atoms with van der Waals surface area (Å²) in [4.78, 5) is 0. The van der Waals surface area contributed by atoms with Crippen LogP contribution in [0.1, 0.15) is 52.5 Å². The van der Waals surface area contributed by atoms with Crippen molar-refractivity contribution in [3.05, 3.63) is 29.8 Å². The Bertz CT molecular complexity index is 515. The van der Waals surface area contributed by atoms with Gasteiger partial charge in [-0.25, -0.2) is 0 Å². The molecule has 0 saturated heterocycles. The Morgan fingerprint density at radius 2 is 1.86 bits per heavy atom. The molecule has 1 fully saturated rings. The largest absolute Gasteiger partial charge is 0.494 e. The van der Waals surface area contributed by atoms with Crippen LogP contribution in [0.4, 0.5) is 0 Å². The van der Waals surface area contributed by atoms with E-state index in [-0.39, 0.29) is 18.1 Å². The van der Waals surface area contributed by atoms with Gasteiger partial charge in [0.2, 0.25) is 0 Å². The van der Waals surface area contributed by atoms with Gasteiger partial charge in [0.15, 0.2) is 0 Å². The van der Waals surface area contributed by atoms with Crippen molar-refractivity contribution in [2.75, 3.05) is 6.61 Å². The molecule has 0 bridgehead atoms. The lowest BCUT2D eigenvalue weighted by atomic mass is 9.76. The van der Waals surface area contributed by atoms with Crippen molar-refractivity contribution in [2.24, 2.45) is 0 Å².